The second-order valence-electron chi connectivity index (χ2n) is 2.85. The van der Waals surface area contributed by atoms with E-state index >= 15 is 0 Å². The van der Waals surface area contributed by atoms with Crippen molar-refractivity contribution in [1.29, 1.82) is 0 Å². The van der Waals surface area contributed by atoms with Gasteiger partial charge in [0.05, 0.1) is 0 Å². The van der Waals surface area contributed by atoms with E-state index in [4.69, 9.17) is 5.73 Å². The quantitative estimate of drug-likeness (QED) is 0.578. The first-order valence-electron chi connectivity index (χ1n) is 3.78. The summed E-state index contributed by atoms with van der Waals surface area (Å²) in [6.07, 6.45) is 2.28. The van der Waals surface area contributed by atoms with Gasteiger partial charge in [-0.05, 0) is 12.3 Å². The molecule has 1 aliphatic heterocycles. The highest BCUT2D eigenvalue weighted by Gasteiger charge is 2.22. The lowest BCUT2D eigenvalue weighted by Gasteiger charge is -2.11. The first kappa shape index (κ1) is 7.38. The van der Waals surface area contributed by atoms with E-state index in [1.807, 2.05) is 0 Å². The Morgan fingerprint density at radius 1 is 1.80 bits per heavy atom. The predicted molar refractivity (Wildman–Crippen MR) is 39.6 cm³/mol. The molecule has 10 heavy (non-hydrogen) atoms. The van der Waals surface area contributed by atoms with Gasteiger partial charge >= 0.3 is 6.03 Å². The van der Waals surface area contributed by atoms with Crippen molar-refractivity contribution < 1.29 is 4.79 Å². The summed E-state index contributed by atoms with van der Waals surface area (Å²) in [6, 6.07) is -0.268. The molecular formula is C7H14N2O. The molecule has 0 radical (unpaired) electrons. The van der Waals surface area contributed by atoms with Gasteiger partial charge in [-0.15, -0.1) is 0 Å². The monoisotopic (exact) mass is 142 g/mol. The molecule has 1 rings (SSSR count). The number of carbonyl (C=O) groups excluding carboxylic acids is 1. The molecule has 1 fully saturated rings. The number of rotatable bonds is 1. The molecule has 3 heteroatoms. The van der Waals surface area contributed by atoms with Crippen molar-refractivity contribution in [3.63, 3.8) is 0 Å². The zero-order valence-corrected chi connectivity index (χ0v) is 6.34. The number of amides is 2. The van der Waals surface area contributed by atoms with Gasteiger partial charge in [0.1, 0.15) is 0 Å². The highest BCUT2D eigenvalue weighted by atomic mass is 16.2. The predicted octanol–water partition coefficient (Wildman–Crippen LogP) is 0.797. The Bertz CT molecular complexity index is 136. The topological polar surface area (TPSA) is 46.3 Å². The Labute approximate surface area is 61.2 Å². The Balaban J connectivity index is 2.35. The van der Waals surface area contributed by atoms with Crippen LogP contribution < -0.4 is 5.73 Å². The van der Waals surface area contributed by atoms with Gasteiger partial charge < -0.3 is 10.6 Å². The van der Waals surface area contributed by atoms with Crippen molar-refractivity contribution in [3.05, 3.63) is 0 Å². The summed E-state index contributed by atoms with van der Waals surface area (Å²) in [5, 5.41) is 0. The lowest BCUT2D eigenvalue weighted by Crippen LogP contribution is -2.33. The standard InChI is InChI=1S/C7H14N2O/c1-2-6-3-4-9(5-6)7(8)10/h6H,2-5H2,1H3,(H2,8,10)/t6-/m0/s1. The smallest absolute Gasteiger partial charge is 0.314 e. The van der Waals surface area contributed by atoms with E-state index in [2.05, 4.69) is 6.92 Å². The molecule has 0 unspecified atom stereocenters. The Hall–Kier alpha value is -0.730. The first-order chi connectivity index (χ1) is 4.74. The number of urea groups is 1. The highest BCUT2D eigenvalue weighted by Crippen LogP contribution is 2.17. The van der Waals surface area contributed by atoms with Crippen LogP contribution in [0, 0.1) is 5.92 Å². The summed E-state index contributed by atoms with van der Waals surface area (Å²) in [5.41, 5.74) is 5.10. The fourth-order valence-corrected chi connectivity index (χ4v) is 1.37. The zero-order chi connectivity index (χ0) is 7.56. The molecule has 3 nitrogen and oxygen atoms in total. The molecule has 0 aliphatic carbocycles. The molecule has 1 heterocycles. The number of carbonyl (C=O) groups is 1. The molecule has 0 aromatic heterocycles. The molecule has 0 aromatic rings. The Kier molecular flexibility index (Phi) is 2.14. The number of likely N-dealkylation sites (tertiary alicyclic amines) is 1. The molecular weight excluding hydrogens is 128 g/mol. The van der Waals surface area contributed by atoms with Gasteiger partial charge in [-0.2, -0.15) is 0 Å². The van der Waals surface area contributed by atoms with Crippen LogP contribution in [0.25, 0.3) is 0 Å². The van der Waals surface area contributed by atoms with Crippen LogP contribution in [0.5, 0.6) is 0 Å². The van der Waals surface area contributed by atoms with Crippen molar-refractivity contribution in [2.45, 2.75) is 19.8 Å². The van der Waals surface area contributed by atoms with Crippen LogP contribution in [0.15, 0.2) is 0 Å². The molecule has 2 amide bonds. The van der Waals surface area contributed by atoms with Crippen molar-refractivity contribution >= 4 is 6.03 Å². The molecule has 58 valence electrons. The molecule has 1 atom stereocenters. The van der Waals surface area contributed by atoms with E-state index in [-0.39, 0.29) is 6.03 Å². The normalized spacial score (nSPS) is 25.3. The number of hydrogen-bond acceptors (Lipinski definition) is 1. The third-order valence-electron chi connectivity index (χ3n) is 2.17. The second kappa shape index (κ2) is 2.90. The van der Waals surface area contributed by atoms with Crippen LogP contribution in [0.2, 0.25) is 0 Å². The minimum atomic E-state index is -0.268. The van der Waals surface area contributed by atoms with E-state index in [0.29, 0.717) is 5.92 Å². The maximum atomic E-state index is 10.6. The number of nitrogens with zero attached hydrogens (tertiary/aromatic N) is 1. The maximum Gasteiger partial charge on any atom is 0.314 e. The van der Waals surface area contributed by atoms with Crippen LogP contribution in [0.3, 0.4) is 0 Å². The maximum absolute atomic E-state index is 10.6. The zero-order valence-electron chi connectivity index (χ0n) is 6.34. The molecule has 0 aromatic carbocycles. The van der Waals surface area contributed by atoms with Gasteiger partial charge in [-0.3, -0.25) is 0 Å². The minimum absolute atomic E-state index is 0.268. The fourth-order valence-electron chi connectivity index (χ4n) is 1.37. The van der Waals surface area contributed by atoms with E-state index < -0.39 is 0 Å². The second-order valence-corrected chi connectivity index (χ2v) is 2.85. The lowest BCUT2D eigenvalue weighted by atomic mass is 10.1. The van der Waals surface area contributed by atoms with Gasteiger partial charge in [0.25, 0.3) is 0 Å². The van der Waals surface area contributed by atoms with Crippen LogP contribution in [-0.4, -0.2) is 24.0 Å². The van der Waals surface area contributed by atoms with E-state index in [0.717, 1.165) is 25.9 Å². The molecule has 2 N–H and O–H groups in total. The summed E-state index contributed by atoms with van der Waals surface area (Å²) in [4.78, 5) is 12.3. The van der Waals surface area contributed by atoms with Gasteiger partial charge in [-0.1, -0.05) is 13.3 Å². The molecule has 0 spiro atoms. The summed E-state index contributed by atoms with van der Waals surface area (Å²) in [6.45, 7) is 3.87. The molecule has 1 aliphatic rings. The SMILES string of the molecule is CC[C@H]1CCN(C(N)=O)C1. The molecule has 0 bridgehead atoms. The van der Waals surface area contributed by atoms with Gasteiger partial charge in [-0.25, -0.2) is 4.79 Å². The number of primary amides is 1. The number of hydrogen-bond donors (Lipinski definition) is 1. The first-order valence-corrected chi connectivity index (χ1v) is 3.78. The number of nitrogens with two attached hydrogens (primary N) is 1. The Morgan fingerprint density at radius 2 is 2.50 bits per heavy atom. The average Bonchev–Trinajstić information content (AvgIpc) is 2.34. The van der Waals surface area contributed by atoms with Gasteiger partial charge in [0.2, 0.25) is 0 Å². The van der Waals surface area contributed by atoms with E-state index in [1.165, 1.54) is 0 Å². The van der Waals surface area contributed by atoms with E-state index in [9.17, 15) is 4.79 Å². The summed E-state index contributed by atoms with van der Waals surface area (Å²) in [5.74, 6) is 0.687. The highest BCUT2D eigenvalue weighted by molar-refractivity contribution is 5.72. The third kappa shape index (κ3) is 1.40. The Morgan fingerprint density at radius 3 is 2.80 bits per heavy atom. The fraction of sp³-hybridized carbons (Fsp3) is 0.857. The largest absolute Gasteiger partial charge is 0.351 e. The molecule has 1 saturated heterocycles. The van der Waals surface area contributed by atoms with Crippen molar-refractivity contribution in [3.8, 4) is 0 Å². The average molecular weight is 142 g/mol. The summed E-state index contributed by atoms with van der Waals surface area (Å²) in [7, 11) is 0. The summed E-state index contributed by atoms with van der Waals surface area (Å²) < 4.78 is 0. The van der Waals surface area contributed by atoms with Crippen LogP contribution in [-0.2, 0) is 0 Å². The van der Waals surface area contributed by atoms with Gasteiger partial charge in [0.15, 0.2) is 0 Å². The van der Waals surface area contributed by atoms with Crippen LogP contribution in [0.1, 0.15) is 19.8 Å². The van der Waals surface area contributed by atoms with E-state index in [1.54, 1.807) is 4.90 Å². The van der Waals surface area contributed by atoms with Crippen molar-refractivity contribution in [2.75, 3.05) is 13.1 Å². The van der Waals surface area contributed by atoms with Crippen LogP contribution >= 0.6 is 0 Å². The minimum Gasteiger partial charge on any atom is -0.351 e. The lowest BCUT2D eigenvalue weighted by molar-refractivity contribution is 0.216. The van der Waals surface area contributed by atoms with Crippen molar-refractivity contribution in [2.24, 2.45) is 11.7 Å². The van der Waals surface area contributed by atoms with Gasteiger partial charge in [0, 0.05) is 13.1 Å². The summed E-state index contributed by atoms with van der Waals surface area (Å²) >= 11 is 0. The van der Waals surface area contributed by atoms with Crippen molar-refractivity contribution in [1.82, 2.24) is 4.90 Å². The third-order valence-corrected chi connectivity index (χ3v) is 2.17. The van der Waals surface area contributed by atoms with Crippen LogP contribution in [0.4, 0.5) is 4.79 Å². The molecule has 0 saturated carbocycles.